The number of aromatic nitrogens is 1. The number of imide groups is 1. The maximum Gasteiger partial charge on any atom is 0.268 e. The summed E-state index contributed by atoms with van der Waals surface area (Å²) in [7, 11) is 1.47. The van der Waals surface area contributed by atoms with E-state index in [1.54, 1.807) is 6.20 Å². The first kappa shape index (κ1) is 16.6. The van der Waals surface area contributed by atoms with E-state index < -0.39 is 0 Å². The molecule has 0 spiro atoms. The molecule has 0 radical (unpaired) electrons. The summed E-state index contributed by atoms with van der Waals surface area (Å²) in [6.45, 7) is 0.457. The average Bonchev–Trinajstić information content (AvgIpc) is 3.16. The van der Waals surface area contributed by atoms with Crippen molar-refractivity contribution in [2.75, 3.05) is 7.05 Å². The van der Waals surface area contributed by atoms with Gasteiger partial charge in [-0.1, -0.05) is 30.3 Å². The lowest BCUT2D eigenvalue weighted by molar-refractivity contribution is -0.134. The Kier molecular flexibility index (Phi) is 4.12. The molecule has 0 atom stereocenters. The fraction of sp³-hybridized carbons (Fsp3) is 0.100. The van der Waals surface area contributed by atoms with Crippen LogP contribution in [0.3, 0.4) is 0 Å². The molecule has 5 nitrogen and oxygen atoms in total. The van der Waals surface area contributed by atoms with Crippen molar-refractivity contribution >= 4 is 44.2 Å². The summed E-state index contributed by atoms with van der Waals surface area (Å²) in [4.78, 5) is 28.7. The number of hydrogen-bond donors (Lipinski definition) is 1. The van der Waals surface area contributed by atoms with Gasteiger partial charge in [0.25, 0.3) is 11.8 Å². The highest BCUT2D eigenvalue weighted by Gasteiger charge is 2.36. The minimum Gasteiger partial charge on any atom is -0.489 e. The molecule has 0 aliphatic carbocycles. The lowest BCUT2D eigenvalue weighted by Gasteiger charge is -2.08. The maximum absolute atomic E-state index is 12.4. The van der Waals surface area contributed by atoms with Gasteiger partial charge in [-0.25, -0.2) is 0 Å². The van der Waals surface area contributed by atoms with Crippen molar-refractivity contribution in [3.8, 4) is 5.75 Å². The standard InChI is InChI=1S/C20H15BrN2O3/c1-23-19(24)17(18(21)20(23)25)15-10-22-16-8-7-13(9-14(15)16)26-11-12-5-3-2-4-6-12/h2-10,22H,11H2,1H3. The van der Waals surface area contributed by atoms with Gasteiger partial charge >= 0.3 is 0 Å². The van der Waals surface area contributed by atoms with Crippen LogP contribution in [0.5, 0.6) is 5.75 Å². The van der Waals surface area contributed by atoms with Gasteiger partial charge in [0.2, 0.25) is 0 Å². The quantitative estimate of drug-likeness (QED) is 0.664. The van der Waals surface area contributed by atoms with Crippen LogP contribution in [0.25, 0.3) is 16.5 Å². The number of carbonyl (C=O) groups excluding carboxylic acids is 2. The van der Waals surface area contributed by atoms with Crippen LogP contribution in [-0.4, -0.2) is 28.7 Å². The molecule has 6 heteroatoms. The van der Waals surface area contributed by atoms with E-state index in [-0.39, 0.29) is 16.3 Å². The number of ether oxygens (including phenoxy) is 1. The minimum atomic E-state index is -0.337. The molecule has 0 fully saturated rings. The Morgan fingerprint density at radius 2 is 1.85 bits per heavy atom. The van der Waals surface area contributed by atoms with Gasteiger partial charge in [-0.3, -0.25) is 14.5 Å². The fourth-order valence-corrected chi connectivity index (χ4v) is 3.63. The number of aromatic amines is 1. The van der Waals surface area contributed by atoms with E-state index in [2.05, 4.69) is 20.9 Å². The number of benzene rings is 2. The molecule has 0 unspecified atom stereocenters. The molecule has 1 aromatic heterocycles. The van der Waals surface area contributed by atoms with Crippen LogP contribution in [0.15, 0.2) is 59.2 Å². The molecule has 1 N–H and O–H groups in total. The Morgan fingerprint density at radius 1 is 1.08 bits per heavy atom. The Balaban J connectivity index is 1.70. The molecule has 130 valence electrons. The zero-order valence-corrected chi connectivity index (χ0v) is 15.5. The van der Waals surface area contributed by atoms with Crippen LogP contribution in [0.1, 0.15) is 11.1 Å². The number of hydrogen-bond acceptors (Lipinski definition) is 3. The molecule has 0 bridgehead atoms. The van der Waals surface area contributed by atoms with Crippen LogP contribution in [0.2, 0.25) is 0 Å². The van der Waals surface area contributed by atoms with Gasteiger partial charge in [0.1, 0.15) is 12.4 Å². The van der Waals surface area contributed by atoms with Crippen molar-refractivity contribution in [1.29, 1.82) is 0 Å². The minimum absolute atomic E-state index is 0.279. The van der Waals surface area contributed by atoms with Gasteiger partial charge in [0.15, 0.2) is 0 Å². The highest BCUT2D eigenvalue weighted by Crippen LogP contribution is 2.36. The van der Waals surface area contributed by atoms with Gasteiger partial charge in [-0.05, 0) is 39.7 Å². The topological polar surface area (TPSA) is 62.4 Å². The SMILES string of the molecule is CN1C(=O)C(Br)=C(c2c[nH]c3ccc(OCc4ccccc4)cc23)C1=O. The Labute approximate surface area is 158 Å². The average molecular weight is 411 g/mol. The summed E-state index contributed by atoms with van der Waals surface area (Å²) < 4.78 is 6.16. The highest BCUT2D eigenvalue weighted by molar-refractivity contribution is 9.12. The van der Waals surface area contributed by atoms with Crippen molar-refractivity contribution in [1.82, 2.24) is 9.88 Å². The fourth-order valence-electron chi connectivity index (χ4n) is 2.98. The molecule has 3 aromatic rings. The molecule has 1 aliphatic heterocycles. The third-order valence-corrected chi connectivity index (χ3v) is 5.14. The van der Waals surface area contributed by atoms with Crippen LogP contribution in [0.4, 0.5) is 0 Å². The Hall–Kier alpha value is -2.86. The van der Waals surface area contributed by atoms with Gasteiger partial charge in [0.05, 0.1) is 10.1 Å². The first-order valence-electron chi connectivity index (χ1n) is 8.06. The number of nitrogens with zero attached hydrogens (tertiary/aromatic N) is 1. The number of fused-ring (bicyclic) bond motifs is 1. The smallest absolute Gasteiger partial charge is 0.268 e. The summed E-state index contributed by atoms with van der Waals surface area (Å²) in [5, 5.41) is 0.832. The lowest BCUT2D eigenvalue weighted by Crippen LogP contribution is -2.26. The van der Waals surface area contributed by atoms with Crippen molar-refractivity contribution < 1.29 is 14.3 Å². The molecule has 2 heterocycles. The molecule has 26 heavy (non-hydrogen) atoms. The zero-order chi connectivity index (χ0) is 18.3. The van der Waals surface area contributed by atoms with E-state index in [9.17, 15) is 9.59 Å². The molecule has 2 aromatic carbocycles. The van der Waals surface area contributed by atoms with E-state index in [1.165, 1.54) is 7.05 Å². The van der Waals surface area contributed by atoms with Crippen LogP contribution >= 0.6 is 15.9 Å². The van der Waals surface area contributed by atoms with Gasteiger partial charge in [-0.2, -0.15) is 0 Å². The third kappa shape index (κ3) is 2.72. The number of carbonyl (C=O) groups is 2. The number of rotatable bonds is 4. The number of H-pyrrole nitrogens is 1. The van der Waals surface area contributed by atoms with Crippen LogP contribution in [0, 0.1) is 0 Å². The summed E-state index contributed by atoms with van der Waals surface area (Å²) in [5.74, 6) is 0.0401. The summed E-state index contributed by atoms with van der Waals surface area (Å²) in [6, 6.07) is 15.6. The predicted molar refractivity (Wildman–Crippen MR) is 103 cm³/mol. The first-order chi connectivity index (χ1) is 12.6. The Bertz CT molecular complexity index is 1050. The largest absolute Gasteiger partial charge is 0.489 e. The van der Waals surface area contributed by atoms with E-state index in [0.29, 0.717) is 23.5 Å². The van der Waals surface area contributed by atoms with Crippen LogP contribution < -0.4 is 4.74 Å². The molecule has 2 amide bonds. The van der Waals surface area contributed by atoms with E-state index in [1.807, 2.05) is 48.5 Å². The third-order valence-electron chi connectivity index (χ3n) is 4.40. The van der Waals surface area contributed by atoms with Gasteiger partial charge < -0.3 is 9.72 Å². The van der Waals surface area contributed by atoms with E-state index in [4.69, 9.17) is 4.74 Å². The molecule has 0 saturated heterocycles. The molecule has 4 rings (SSSR count). The summed E-state index contributed by atoms with van der Waals surface area (Å²) in [5.41, 5.74) is 2.99. The monoisotopic (exact) mass is 410 g/mol. The second-order valence-corrected chi connectivity index (χ2v) is 6.84. The molecule has 1 aliphatic rings. The van der Waals surface area contributed by atoms with Gasteiger partial charge in [0, 0.05) is 29.7 Å². The van der Waals surface area contributed by atoms with E-state index in [0.717, 1.165) is 21.4 Å². The van der Waals surface area contributed by atoms with Crippen LogP contribution in [-0.2, 0) is 16.2 Å². The normalized spacial score (nSPS) is 14.6. The summed E-state index contributed by atoms with van der Waals surface area (Å²) >= 11 is 3.26. The van der Waals surface area contributed by atoms with Crippen molar-refractivity contribution in [2.45, 2.75) is 6.61 Å². The van der Waals surface area contributed by atoms with Crippen molar-refractivity contribution in [2.24, 2.45) is 0 Å². The number of nitrogens with one attached hydrogen (secondary N) is 1. The second-order valence-electron chi connectivity index (χ2n) is 6.04. The van der Waals surface area contributed by atoms with Gasteiger partial charge in [-0.15, -0.1) is 0 Å². The first-order valence-corrected chi connectivity index (χ1v) is 8.86. The highest BCUT2D eigenvalue weighted by atomic mass is 79.9. The van der Waals surface area contributed by atoms with Crippen molar-refractivity contribution in [3.63, 3.8) is 0 Å². The second kappa shape index (κ2) is 6.46. The molecular weight excluding hydrogens is 396 g/mol. The number of likely N-dealkylation sites (N-methyl/N-ethyl adjacent to an activating group) is 1. The predicted octanol–water partition coefficient (Wildman–Crippen LogP) is 3.85. The lowest BCUT2D eigenvalue weighted by atomic mass is 10.1. The van der Waals surface area contributed by atoms with Crippen molar-refractivity contribution in [3.05, 3.63) is 70.3 Å². The number of halogens is 1. The number of amides is 2. The maximum atomic E-state index is 12.4. The Morgan fingerprint density at radius 3 is 2.54 bits per heavy atom. The van der Waals surface area contributed by atoms with E-state index >= 15 is 0 Å². The molecule has 0 saturated carbocycles. The summed E-state index contributed by atoms with van der Waals surface area (Å²) in [6.07, 6.45) is 1.74. The molecular formula is C20H15BrN2O3. The zero-order valence-electron chi connectivity index (χ0n) is 14.0.